The van der Waals surface area contributed by atoms with E-state index in [1.54, 1.807) is 7.05 Å². The summed E-state index contributed by atoms with van der Waals surface area (Å²) in [6.07, 6.45) is 0.125. The van der Waals surface area contributed by atoms with Crippen molar-refractivity contribution < 1.29 is 14.3 Å². The van der Waals surface area contributed by atoms with Crippen molar-refractivity contribution in [1.29, 1.82) is 0 Å². The average molecular weight is 566 g/mol. The Morgan fingerprint density at radius 1 is 1.06 bits per heavy atom. The topological polar surface area (TPSA) is 75.2 Å². The van der Waals surface area contributed by atoms with Crippen LogP contribution in [0, 0.1) is 6.92 Å². The lowest BCUT2D eigenvalue weighted by molar-refractivity contribution is -0.0586. The molecule has 2 atom stereocenters. The van der Waals surface area contributed by atoms with Gasteiger partial charge in [0.05, 0.1) is 18.8 Å². The SMILES string of the molecule is CN=C(NCCOc1ccc(C)cc1)NCc1ccc(C(=O)N2CC(C)OC(C)C2)cc1.I. The molecule has 0 spiro atoms. The molecule has 3 rings (SSSR count). The van der Waals surface area contributed by atoms with Crippen LogP contribution in [0.25, 0.3) is 0 Å². The molecule has 1 aliphatic heterocycles. The molecule has 2 aromatic carbocycles. The third-order valence-electron chi connectivity index (χ3n) is 5.28. The van der Waals surface area contributed by atoms with Gasteiger partial charge < -0.3 is 25.0 Å². The van der Waals surface area contributed by atoms with E-state index in [1.165, 1.54) is 5.56 Å². The molecule has 7 nitrogen and oxygen atoms in total. The van der Waals surface area contributed by atoms with Gasteiger partial charge in [-0.2, -0.15) is 0 Å². The number of guanidine groups is 1. The fourth-order valence-electron chi connectivity index (χ4n) is 3.67. The molecule has 0 aromatic heterocycles. The first kappa shape index (κ1) is 26.9. The summed E-state index contributed by atoms with van der Waals surface area (Å²) in [5, 5.41) is 6.53. The number of hydrogen-bond donors (Lipinski definition) is 2. The van der Waals surface area contributed by atoms with E-state index < -0.39 is 0 Å². The van der Waals surface area contributed by atoms with Crippen molar-refractivity contribution in [1.82, 2.24) is 15.5 Å². The summed E-state index contributed by atoms with van der Waals surface area (Å²) < 4.78 is 11.4. The number of nitrogens with zero attached hydrogens (tertiary/aromatic N) is 2. The number of aliphatic imine (C=N–C) groups is 1. The van der Waals surface area contributed by atoms with Gasteiger partial charge in [-0.15, -0.1) is 24.0 Å². The Labute approximate surface area is 214 Å². The Balaban J connectivity index is 0.00000385. The van der Waals surface area contributed by atoms with Crippen molar-refractivity contribution in [2.24, 2.45) is 4.99 Å². The van der Waals surface area contributed by atoms with Gasteiger partial charge in [0, 0.05) is 32.2 Å². The fraction of sp³-hybridized carbons (Fsp3) is 0.440. The van der Waals surface area contributed by atoms with E-state index in [9.17, 15) is 4.79 Å². The first-order valence-corrected chi connectivity index (χ1v) is 11.1. The van der Waals surface area contributed by atoms with Crippen LogP contribution in [-0.2, 0) is 11.3 Å². The number of carbonyl (C=O) groups excluding carboxylic acids is 1. The highest BCUT2D eigenvalue weighted by atomic mass is 127. The van der Waals surface area contributed by atoms with Gasteiger partial charge in [-0.1, -0.05) is 29.8 Å². The van der Waals surface area contributed by atoms with Crippen molar-refractivity contribution in [2.45, 2.75) is 39.5 Å². The Kier molecular flexibility index (Phi) is 10.9. The van der Waals surface area contributed by atoms with Crippen LogP contribution in [-0.4, -0.2) is 62.3 Å². The minimum atomic E-state index is 0. The average Bonchev–Trinajstić information content (AvgIpc) is 2.79. The van der Waals surface area contributed by atoms with E-state index in [2.05, 4.69) is 22.5 Å². The number of morpholine rings is 1. The second-order valence-corrected chi connectivity index (χ2v) is 8.18. The monoisotopic (exact) mass is 566 g/mol. The molecule has 1 fully saturated rings. The molecule has 1 heterocycles. The molecule has 1 saturated heterocycles. The van der Waals surface area contributed by atoms with Gasteiger partial charge in [-0.3, -0.25) is 9.79 Å². The van der Waals surface area contributed by atoms with Crippen LogP contribution in [0.15, 0.2) is 53.5 Å². The highest BCUT2D eigenvalue weighted by molar-refractivity contribution is 14.0. The lowest BCUT2D eigenvalue weighted by Crippen LogP contribution is -2.48. The quantitative estimate of drug-likeness (QED) is 0.232. The van der Waals surface area contributed by atoms with E-state index in [4.69, 9.17) is 9.47 Å². The van der Waals surface area contributed by atoms with Crippen LogP contribution in [0.5, 0.6) is 5.75 Å². The number of amides is 1. The van der Waals surface area contributed by atoms with Crippen LogP contribution in [0.3, 0.4) is 0 Å². The Hall–Kier alpha value is -2.33. The maximum Gasteiger partial charge on any atom is 0.254 e. The summed E-state index contributed by atoms with van der Waals surface area (Å²) in [5.74, 6) is 1.61. The Morgan fingerprint density at radius 2 is 1.70 bits per heavy atom. The minimum absolute atomic E-state index is 0. The van der Waals surface area contributed by atoms with Crippen LogP contribution in [0.2, 0.25) is 0 Å². The second-order valence-electron chi connectivity index (χ2n) is 8.18. The number of halogens is 1. The zero-order valence-corrected chi connectivity index (χ0v) is 22.2. The van der Waals surface area contributed by atoms with Crippen LogP contribution in [0.1, 0.15) is 35.3 Å². The molecule has 0 bridgehead atoms. The van der Waals surface area contributed by atoms with E-state index >= 15 is 0 Å². The highest BCUT2D eigenvalue weighted by Crippen LogP contribution is 2.15. The normalized spacial score (nSPS) is 18.3. The molecule has 8 heteroatoms. The van der Waals surface area contributed by atoms with Gasteiger partial charge in [0.1, 0.15) is 12.4 Å². The maximum atomic E-state index is 12.8. The molecule has 1 aliphatic rings. The summed E-state index contributed by atoms with van der Waals surface area (Å²) in [5.41, 5.74) is 2.98. The highest BCUT2D eigenvalue weighted by Gasteiger charge is 2.26. The standard InChI is InChI=1S/C25H34N4O3.HI/c1-18-5-11-23(12-6-18)31-14-13-27-25(26-4)28-15-21-7-9-22(10-8-21)24(30)29-16-19(2)32-20(3)17-29;/h5-12,19-20H,13-17H2,1-4H3,(H2,26,27,28);1H. The largest absolute Gasteiger partial charge is 0.492 e. The van der Waals surface area contributed by atoms with Gasteiger partial charge in [-0.25, -0.2) is 0 Å². The smallest absolute Gasteiger partial charge is 0.254 e. The predicted molar refractivity (Wildman–Crippen MR) is 143 cm³/mol. The number of rotatable bonds is 7. The number of ether oxygens (including phenoxy) is 2. The molecular formula is C25H35IN4O3. The molecule has 33 heavy (non-hydrogen) atoms. The van der Waals surface area contributed by atoms with E-state index in [0.29, 0.717) is 44.3 Å². The minimum Gasteiger partial charge on any atom is -0.492 e. The first-order chi connectivity index (χ1) is 15.4. The zero-order chi connectivity index (χ0) is 22.9. The molecule has 0 aliphatic carbocycles. The third kappa shape index (κ3) is 8.51. The number of benzene rings is 2. The van der Waals surface area contributed by atoms with Gasteiger partial charge in [0.25, 0.3) is 5.91 Å². The van der Waals surface area contributed by atoms with Crippen LogP contribution in [0.4, 0.5) is 0 Å². The number of aryl methyl sites for hydroxylation is 1. The van der Waals surface area contributed by atoms with Gasteiger partial charge >= 0.3 is 0 Å². The second kappa shape index (κ2) is 13.4. The maximum absolute atomic E-state index is 12.8. The third-order valence-corrected chi connectivity index (χ3v) is 5.28. The van der Waals surface area contributed by atoms with E-state index in [-0.39, 0.29) is 42.1 Å². The summed E-state index contributed by atoms with van der Waals surface area (Å²) in [6, 6.07) is 15.7. The summed E-state index contributed by atoms with van der Waals surface area (Å²) >= 11 is 0. The molecular weight excluding hydrogens is 531 g/mol. The lowest BCUT2D eigenvalue weighted by atomic mass is 10.1. The number of hydrogen-bond acceptors (Lipinski definition) is 4. The first-order valence-electron chi connectivity index (χ1n) is 11.1. The molecule has 0 saturated carbocycles. The zero-order valence-electron chi connectivity index (χ0n) is 19.8. The predicted octanol–water partition coefficient (Wildman–Crippen LogP) is 3.61. The number of nitrogens with one attached hydrogen (secondary N) is 2. The Bertz CT molecular complexity index is 893. The van der Waals surface area contributed by atoms with E-state index in [1.807, 2.05) is 67.3 Å². The Morgan fingerprint density at radius 3 is 2.30 bits per heavy atom. The van der Waals surface area contributed by atoms with Crippen molar-refractivity contribution in [2.75, 3.05) is 33.3 Å². The van der Waals surface area contributed by atoms with Crippen molar-refractivity contribution >= 4 is 35.8 Å². The van der Waals surface area contributed by atoms with E-state index in [0.717, 1.165) is 11.3 Å². The van der Waals surface area contributed by atoms with Crippen LogP contribution >= 0.6 is 24.0 Å². The van der Waals surface area contributed by atoms with Gasteiger partial charge in [0.15, 0.2) is 5.96 Å². The molecule has 2 unspecified atom stereocenters. The fourth-order valence-corrected chi connectivity index (χ4v) is 3.67. The van der Waals surface area contributed by atoms with Crippen molar-refractivity contribution in [3.05, 3.63) is 65.2 Å². The van der Waals surface area contributed by atoms with Crippen molar-refractivity contribution in [3.8, 4) is 5.75 Å². The number of carbonyl (C=O) groups is 1. The molecule has 1 amide bonds. The summed E-state index contributed by atoms with van der Waals surface area (Å²) in [6.45, 7) is 9.09. The lowest BCUT2D eigenvalue weighted by Gasteiger charge is -2.35. The molecule has 2 N–H and O–H groups in total. The van der Waals surface area contributed by atoms with Gasteiger partial charge in [0.2, 0.25) is 0 Å². The van der Waals surface area contributed by atoms with Crippen LogP contribution < -0.4 is 15.4 Å². The molecule has 0 radical (unpaired) electrons. The van der Waals surface area contributed by atoms with Crippen molar-refractivity contribution in [3.63, 3.8) is 0 Å². The van der Waals surface area contributed by atoms with Gasteiger partial charge in [-0.05, 0) is 50.6 Å². The summed E-state index contributed by atoms with van der Waals surface area (Å²) in [4.78, 5) is 18.9. The molecule has 2 aromatic rings. The molecule has 180 valence electrons. The summed E-state index contributed by atoms with van der Waals surface area (Å²) in [7, 11) is 1.74.